The lowest BCUT2D eigenvalue weighted by Crippen LogP contribution is -2.25. The number of pyridine rings is 1. The number of nitrogens with one attached hydrogen (secondary N) is 2. The number of benzene rings is 2. The summed E-state index contributed by atoms with van der Waals surface area (Å²) in [6, 6.07) is 17.9. The van der Waals surface area contributed by atoms with Gasteiger partial charge in [0.1, 0.15) is 5.82 Å². The summed E-state index contributed by atoms with van der Waals surface area (Å²) >= 11 is 0. The molecule has 0 saturated carbocycles. The van der Waals surface area contributed by atoms with E-state index in [-0.39, 0.29) is 11.7 Å². The van der Waals surface area contributed by atoms with Crippen LogP contribution in [0.5, 0.6) is 0 Å². The Hall–Kier alpha value is -3.21. The third-order valence-electron chi connectivity index (χ3n) is 3.70. The number of nitrogens with zero attached hydrogens (tertiary/aromatic N) is 1. The highest BCUT2D eigenvalue weighted by molar-refractivity contribution is 5.94. The van der Waals surface area contributed by atoms with Crippen LogP contribution in [0.3, 0.4) is 0 Å². The van der Waals surface area contributed by atoms with E-state index in [0.717, 1.165) is 12.0 Å². The molecular weight excluding hydrogens is 317 g/mol. The molecule has 0 fully saturated rings. The van der Waals surface area contributed by atoms with E-state index in [0.29, 0.717) is 23.5 Å². The average Bonchev–Trinajstić information content (AvgIpc) is 2.65. The molecule has 2 N–H and O–H groups in total. The summed E-state index contributed by atoms with van der Waals surface area (Å²) in [5, 5.41) is 5.80. The first-order valence-electron chi connectivity index (χ1n) is 8.01. The van der Waals surface area contributed by atoms with Crippen LogP contribution < -0.4 is 10.6 Å². The highest BCUT2D eigenvalue weighted by atomic mass is 19.1. The Kier molecular flexibility index (Phi) is 5.36. The fourth-order valence-corrected chi connectivity index (χ4v) is 2.42. The standard InChI is InChI=1S/C20H18FN3O/c21-18-8-4-5-9-19(18)24-17-12-16(13-22-14-17)20(25)23-11-10-15-6-2-1-3-7-15/h1-9,12-14,24H,10-11H2,(H,23,25). The lowest BCUT2D eigenvalue weighted by molar-refractivity contribution is 0.0954. The van der Waals surface area contributed by atoms with Crippen molar-refractivity contribution in [3.05, 3.63) is 90.0 Å². The second kappa shape index (κ2) is 8.06. The second-order valence-electron chi connectivity index (χ2n) is 5.56. The van der Waals surface area contributed by atoms with Gasteiger partial charge in [0.15, 0.2) is 0 Å². The molecule has 0 aliphatic carbocycles. The number of hydrogen-bond donors (Lipinski definition) is 2. The zero-order valence-electron chi connectivity index (χ0n) is 13.6. The van der Waals surface area contributed by atoms with Gasteiger partial charge in [0.25, 0.3) is 5.91 Å². The molecule has 1 amide bonds. The summed E-state index contributed by atoms with van der Waals surface area (Å²) in [6.07, 6.45) is 3.80. The fourth-order valence-electron chi connectivity index (χ4n) is 2.42. The highest BCUT2D eigenvalue weighted by Crippen LogP contribution is 2.19. The zero-order valence-corrected chi connectivity index (χ0v) is 13.6. The molecule has 25 heavy (non-hydrogen) atoms. The van der Waals surface area contributed by atoms with Crippen LogP contribution in [0.2, 0.25) is 0 Å². The lowest BCUT2D eigenvalue weighted by atomic mass is 10.1. The van der Waals surface area contributed by atoms with E-state index in [2.05, 4.69) is 15.6 Å². The van der Waals surface area contributed by atoms with Gasteiger partial charge < -0.3 is 10.6 Å². The molecule has 2 aromatic carbocycles. The number of rotatable bonds is 6. The minimum absolute atomic E-state index is 0.208. The van der Waals surface area contributed by atoms with Gasteiger partial charge >= 0.3 is 0 Å². The number of aromatic nitrogens is 1. The molecule has 0 radical (unpaired) electrons. The van der Waals surface area contributed by atoms with Crippen LogP contribution in [-0.4, -0.2) is 17.4 Å². The predicted molar refractivity (Wildman–Crippen MR) is 96.4 cm³/mol. The van der Waals surface area contributed by atoms with Crippen molar-refractivity contribution in [1.29, 1.82) is 0 Å². The molecule has 0 spiro atoms. The van der Waals surface area contributed by atoms with Crippen molar-refractivity contribution >= 4 is 17.3 Å². The first-order valence-corrected chi connectivity index (χ1v) is 8.01. The number of anilines is 2. The van der Waals surface area contributed by atoms with Gasteiger partial charge in [-0.2, -0.15) is 0 Å². The molecule has 0 aliphatic heterocycles. The van der Waals surface area contributed by atoms with Crippen LogP contribution in [0.15, 0.2) is 73.1 Å². The number of carbonyl (C=O) groups excluding carboxylic acids is 1. The molecule has 0 saturated heterocycles. The van der Waals surface area contributed by atoms with Gasteiger partial charge in [0, 0.05) is 12.7 Å². The van der Waals surface area contributed by atoms with Crippen molar-refractivity contribution in [2.75, 3.05) is 11.9 Å². The second-order valence-corrected chi connectivity index (χ2v) is 5.56. The lowest BCUT2D eigenvalue weighted by Gasteiger charge is -2.09. The Morgan fingerprint density at radius 2 is 1.76 bits per heavy atom. The van der Waals surface area contributed by atoms with Crippen LogP contribution in [0.1, 0.15) is 15.9 Å². The Balaban J connectivity index is 1.60. The summed E-state index contributed by atoms with van der Waals surface area (Å²) in [5.41, 5.74) is 2.48. The summed E-state index contributed by atoms with van der Waals surface area (Å²) in [6.45, 7) is 0.536. The predicted octanol–water partition coefficient (Wildman–Crippen LogP) is 3.94. The number of hydrogen-bond acceptors (Lipinski definition) is 3. The largest absolute Gasteiger partial charge is 0.352 e. The van der Waals surface area contributed by atoms with E-state index >= 15 is 0 Å². The minimum Gasteiger partial charge on any atom is -0.352 e. The maximum atomic E-state index is 13.7. The maximum absolute atomic E-state index is 13.7. The third kappa shape index (κ3) is 4.64. The van der Waals surface area contributed by atoms with E-state index in [1.165, 1.54) is 12.3 Å². The van der Waals surface area contributed by atoms with Crippen LogP contribution in [0.4, 0.5) is 15.8 Å². The van der Waals surface area contributed by atoms with Crippen molar-refractivity contribution in [3.8, 4) is 0 Å². The number of halogens is 1. The van der Waals surface area contributed by atoms with Crippen molar-refractivity contribution < 1.29 is 9.18 Å². The molecule has 3 aromatic rings. The molecule has 0 aliphatic rings. The van der Waals surface area contributed by atoms with Gasteiger partial charge in [0.2, 0.25) is 0 Å². The van der Waals surface area contributed by atoms with Gasteiger partial charge in [-0.05, 0) is 30.2 Å². The van der Waals surface area contributed by atoms with Crippen LogP contribution in [0.25, 0.3) is 0 Å². The smallest absolute Gasteiger partial charge is 0.252 e. The summed E-state index contributed by atoms with van der Waals surface area (Å²) in [7, 11) is 0. The molecule has 1 aromatic heterocycles. The van der Waals surface area contributed by atoms with Crippen molar-refractivity contribution in [2.45, 2.75) is 6.42 Å². The van der Waals surface area contributed by atoms with E-state index in [1.807, 2.05) is 30.3 Å². The van der Waals surface area contributed by atoms with Gasteiger partial charge in [-0.3, -0.25) is 9.78 Å². The topological polar surface area (TPSA) is 54.0 Å². The van der Waals surface area contributed by atoms with Crippen LogP contribution in [0, 0.1) is 5.82 Å². The third-order valence-corrected chi connectivity index (χ3v) is 3.70. The van der Waals surface area contributed by atoms with E-state index in [9.17, 15) is 9.18 Å². The summed E-state index contributed by atoms with van der Waals surface area (Å²) in [4.78, 5) is 16.3. The van der Waals surface area contributed by atoms with Crippen molar-refractivity contribution in [1.82, 2.24) is 10.3 Å². The molecule has 126 valence electrons. The molecule has 4 nitrogen and oxygen atoms in total. The maximum Gasteiger partial charge on any atom is 0.252 e. The average molecular weight is 335 g/mol. The normalized spacial score (nSPS) is 10.3. The first kappa shape index (κ1) is 16.6. The Labute approximate surface area is 145 Å². The number of carbonyl (C=O) groups is 1. The highest BCUT2D eigenvalue weighted by Gasteiger charge is 2.08. The quantitative estimate of drug-likeness (QED) is 0.717. The first-order chi connectivity index (χ1) is 12.2. The molecule has 0 bridgehead atoms. The molecular formula is C20H18FN3O. The Bertz CT molecular complexity index is 852. The molecule has 1 heterocycles. The molecule has 0 unspecified atom stereocenters. The number of amides is 1. The molecule has 5 heteroatoms. The van der Waals surface area contributed by atoms with E-state index in [4.69, 9.17) is 0 Å². The monoisotopic (exact) mass is 335 g/mol. The van der Waals surface area contributed by atoms with E-state index in [1.54, 1.807) is 30.5 Å². The van der Waals surface area contributed by atoms with Gasteiger partial charge in [0.05, 0.1) is 23.1 Å². The van der Waals surface area contributed by atoms with E-state index < -0.39 is 0 Å². The molecule has 0 atom stereocenters. The summed E-state index contributed by atoms with van der Waals surface area (Å²) in [5.74, 6) is -0.569. The number of para-hydroxylation sites is 1. The fraction of sp³-hybridized carbons (Fsp3) is 0.100. The van der Waals surface area contributed by atoms with Gasteiger partial charge in [-0.15, -0.1) is 0 Å². The van der Waals surface area contributed by atoms with Crippen LogP contribution >= 0.6 is 0 Å². The SMILES string of the molecule is O=C(NCCc1ccccc1)c1cncc(Nc2ccccc2F)c1. The van der Waals surface area contributed by atoms with Crippen LogP contribution in [-0.2, 0) is 6.42 Å². The van der Waals surface area contributed by atoms with Crippen molar-refractivity contribution in [2.24, 2.45) is 0 Å². The minimum atomic E-state index is -0.361. The summed E-state index contributed by atoms with van der Waals surface area (Å²) < 4.78 is 13.7. The Morgan fingerprint density at radius 3 is 2.56 bits per heavy atom. The van der Waals surface area contributed by atoms with Crippen molar-refractivity contribution in [3.63, 3.8) is 0 Å². The van der Waals surface area contributed by atoms with Gasteiger partial charge in [-0.25, -0.2) is 4.39 Å². The Morgan fingerprint density at radius 1 is 1.00 bits per heavy atom. The molecule has 3 rings (SSSR count). The van der Waals surface area contributed by atoms with Gasteiger partial charge in [-0.1, -0.05) is 42.5 Å². The zero-order chi connectivity index (χ0) is 17.5.